The number of nitrogens with one attached hydrogen (secondary N) is 1. The number of carbonyl (C=O) groups excluding carboxylic acids is 1. The zero-order chi connectivity index (χ0) is 13.8. The summed E-state index contributed by atoms with van der Waals surface area (Å²) in [6, 6.07) is 7.68. The molecular formula is C15H23NO2. The van der Waals surface area contributed by atoms with E-state index in [-0.39, 0.29) is 17.6 Å². The molecule has 1 atom stereocenters. The second-order valence-electron chi connectivity index (χ2n) is 5.36. The van der Waals surface area contributed by atoms with Crippen molar-refractivity contribution in [1.29, 1.82) is 0 Å². The summed E-state index contributed by atoms with van der Waals surface area (Å²) in [5.41, 5.74) is 1.51. The van der Waals surface area contributed by atoms with Crippen molar-refractivity contribution in [3.63, 3.8) is 0 Å². The van der Waals surface area contributed by atoms with E-state index in [0.29, 0.717) is 0 Å². The third-order valence-electron chi connectivity index (χ3n) is 3.12. The number of carbonyl (C=O) groups is 1. The van der Waals surface area contributed by atoms with E-state index in [4.69, 9.17) is 4.74 Å². The predicted octanol–water partition coefficient (Wildman–Crippen LogP) is 2.93. The minimum absolute atomic E-state index is 0.0208. The molecule has 0 saturated heterocycles. The normalized spacial score (nSPS) is 13.2. The van der Waals surface area contributed by atoms with Crippen LogP contribution in [0.5, 0.6) is 0 Å². The minimum Gasteiger partial charge on any atom is -0.379 e. The van der Waals surface area contributed by atoms with Crippen LogP contribution in [-0.4, -0.2) is 24.7 Å². The Bertz CT molecular complexity index is 413. The molecule has 18 heavy (non-hydrogen) atoms. The summed E-state index contributed by atoms with van der Waals surface area (Å²) >= 11 is 0. The molecule has 0 spiro atoms. The molecule has 0 radical (unpaired) electrons. The van der Waals surface area contributed by atoms with Gasteiger partial charge in [0.2, 0.25) is 0 Å². The molecule has 0 heterocycles. The number of benzene rings is 1. The van der Waals surface area contributed by atoms with Gasteiger partial charge in [-0.25, -0.2) is 0 Å². The zero-order valence-corrected chi connectivity index (χ0v) is 11.9. The van der Waals surface area contributed by atoms with Gasteiger partial charge in [-0.1, -0.05) is 18.2 Å². The van der Waals surface area contributed by atoms with Crippen LogP contribution in [0, 0.1) is 6.92 Å². The lowest BCUT2D eigenvalue weighted by atomic mass is 9.99. The molecule has 1 unspecified atom stereocenters. The van der Waals surface area contributed by atoms with Gasteiger partial charge >= 0.3 is 0 Å². The molecule has 0 aliphatic rings. The van der Waals surface area contributed by atoms with Gasteiger partial charge in [0.25, 0.3) is 5.91 Å². The second kappa shape index (κ2) is 6.01. The summed E-state index contributed by atoms with van der Waals surface area (Å²) in [6.07, 6.45) is 0.779. The average molecular weight is 249 g/mol. The maximum atomic E-state index is 12.1. The summed E-state index contributed by atoms with van der Waals surface area (Å²) < 4.78 is 5.37. The van der Waals surface area contributed by atoms with Crippen LogP contribution >= 0.6 is 0 Å². The number of rotatable bonds is 5. The van der Waals surface area contributed by atoms with Gasteiger partial charge in [0.15, 0.2) is 0 Å². The van der Waals surface area contributed by atoms with E-state index in [1.54, 1.807) is 7.11 Å². The highest BCUT2D eigenvalue weighted by atomic mass is 16.5. The molecule has 0 saturated carbocycles. The summed E-state index contributed by atoms with van der Waals surface area (Å²) in [5, 5.41) is 3.01. The van der Waals surface area contributed by atoms with Gasteiger partial charge in [0, 0.05) is 18.7 Å². The van der Waals surface area contributed by atoms with Crippen LogP contribution in [0.3, 0.4) is 0 Å². The highest BCUT2D eigenvalue weighted by Gasteiger charge is 2.21. The maximum Gasteiger partial charge on any atom is 0.251 e. The third-order valence-corrected chi connectivity index (χ3v) is 3.12. The Kier molecular flexibility index (Phi) is 4.91. The molecule has 1 N–H and O–H groups in total. The number of hydrogen-bond acceptors (Lipinski definition) is 2. The molecule has 3 heteroatoms. The Morgan fingerprint density at radius 1 is 1.39 bits per heavy atom. The van der Waals surface area contributed by atoms with Crippen molar-refractivity contribution in [2.75, 3.05) is 7.11 Å². The Labute approximate surface area is 110 Å². The fourth-order valence-electron chi connectivity index (χ4n) is 2.00. The topological polar surface area (TPSA) is 38.3 Å². The average Bonchev–Trinajstić information content (AvgIpc) is 2.28. The maximum absolute atomic E-state index is 12.1. The van der Waals surface area contributed by atoms with E-state index >= 15 is 0 Å². The van der Waals surface area contributed by atoms with Gasteiger partial charge in [0.05, 0.1) is 5.60 Å². The monoisotopic (exact) mass is 249 g/mol. The second-order valence-corrected chi connectivity index (χ2v) is 5.36. The largest absolute Gasteiger partial charge is 0.379 e. The molecule has 3 nitrogen and oxygen atoms in total. The first-order valence-corrected chi connectivity index (χ1v) is 6.27. The Hall–Kier alpha value is -1.35. The lowest BCUT2D eigenvalue weighted by Crippen LogP contribution is -2.39. The summed E-state index contributed by atoms with van der Waals surface area (Å²) in [4.78, 5) is 12.1. The zero-order valence-electron chi connectivity index (χ0n) is 11.9. The SMILES string of the molecule is COC(C)(C)CC(C)NC(=O)c1ccccc1C. The van der Waals surface area contributed by atoms with Crippen LogP contribution in [0.1, 0.15) is 43.1 Å². The van der Waals surface area contributed by atoms with Crippen LogP contribution in [0.4, 0.5) is 0 Å². The quantitative estimate of drug-likeness (QED) is 0.871. The van der Waals surface area contributed by atoms with E-state index < -0.39 is 0 Å². The van der Waals surface area contributed by atoms with E-state index in [1.165, 1.54) is 0 Å². The van der Waals surface area contributed by atoms with Crippen LogP contribution in [0.15, 0.2) is 24.3 Å². The molecule has 0 aliphatic carbocycles. The van der Waals surface area contributed by atoms with Gasteiger partial charge in [-0.15, -0.1) is 0 Å². The van der Waals surface area contributed by atoms with Crippen molar-refractivity contribution in [2.45, 2.75) is 45.8 Å². The molecule has 1 aromatic carbocycles. The Morgan fingerprint density at radius 3 is 2.56 bits per heavy atom. The number of methoxy groups -OCH3 is 1. The van der Waals surface area contributed by atoms with Crippen molar-refractivity contribution in [1.82, 2.24) is 5.32 Å². The van der Waals surface area contributed by atoms with Gasteiger partial charge in [0.1, 0.15) is 0 Å². The van der Waals surface area contributed by atoms with E-state index in [0.717, 1.165) is 17.5 Å². The summed E-state index contributed by atoms with van der Waals surface area (Å²) in [5.74, 6) is -0.0208. The number of aryl methyl sites for hydroxylation is 1. The molecule has 0 bridgehead atoms. The van der Waals surface area contributed by atoms with Crippen molar-refractivity contribution in [2.24, 2.45) is 0 Å². The highest BCUT2D eigenvalue weighted by Crippen LogP contribution is 2.16. The fraction of sp³-hybridized carbons (Fsp3) is 0.533. The summed E-state index contributed by atoms with van der Waals surface area (Å²) in [7, 11) is 1.69. The van der Waals surface area contributed by atoms with Gasteiger partial charge in [-0.3, -0.25) is 4.79 Å². The fourth-order valence-corrected chi connectivity index (χ4v) is 2.00. The Morgan fingerprint density at radius 2 is 2.00 bits per heavy atom. The van der Waals surface area contributed by atoms with E-state index in [9.17, 15) is 4.79 Å². The molecule has 0 aliphatic heterocycles. The standard InChI is InChI=1S/C15H23NO2/c1-11-8-6-7-9-13(11)14(17)16-12(2)10-15(3,4)18-5/h6-9,12H,10H2,1-5H3,(H,16,17). The van der Waals surface area contributed by atoms with Crippen molar-refractivity contribution in [3.05, 3.63) is 35.4 Å². The van der Waals surface area contributed by atoms with Gasteiger partial charge in [-0.05, 0) is 45.7 Å². The molecule has 0 aromatic heterocycles. The van der Waals surface area contributed by atoms with Gasteiger partial charge < -0.3 is 10.1 Å². The van der Waals surface area contributed by atoms with Crippen LogP contribution < -0.4 is 5.32 Å². The molecule has 1 rings (SSSR count). The Balaban J connectivity index is 2.63. The van der Waals surface area contributed by atoms with Crippen LogP contribution in [0.2, 0.25) is 0 Å². The first kappa shape index (κ1) is 14.7. The van der Waals surface area contributed by atoms with Crippen LogP contribution in [0.25, 0.3) is 0 Å². The van der Waals surface area contributed by atoms with Crippen LogP contribution in [-0.2, 0) is 4.74 Å². The molecule has 0 fully saturated rings. The third kappa shape index (κ3) is 4.15. The van der Waals surface area contributed by atoms with Crippen molar-refractivity contribution < 1.29 is 9.53 Å². The van der Waals surface area contributed by atoms with Gasteiger partial charge in [-0.2, -0.15) is 0 Å². The predicted molar refractivity (Wildman–Crippen MR) is 73.8 cm³/mol. The molecule has 1 amide bonds. The number of amides is 1. The summed E-state index contributed by atoms with van der Waals surface area (Å²) in [6.45, 7) is 7.97. The minimum atomic E-state index is -0.224. The van der Waals surface area contributed by atoms with E-state index in [2.05, 4.69) is 5.32 Å². The van der Waals surface area contributed by atoms with Crippen molar-refractivity contribution in [3.8, 4) is 0 Å². The smallest absolute Gasteiger partial charge is 0.251 e. The number of ether oxygens (including phenoxy) is 1. The lowest BCUT2D eigenvalue weighted by Gasteiger charge is -2.27. The molecule has 1 aromatic rings. The van der Waals surface area contributed by atoms with Crippen molar-refractivity contribution >= 4 is 5.91 Å². The highest BCUT2D eigenvalue weighted by molar-refractivity contribution is 5.95. The lowest BCUT2D eigenvalue weighted by molar-refractivity contribution is 0.00885. The number of hydrogen-bond donors (Lipinski definition) is 1. The molecular weight excluding hydrogens is 226 g/mol. The first-order valence-electron chi connectivity index (χ1n) is 6.27. The van der Waals surface area contributed by atoms with E-state index in [1.807, 2.05) is 52.0 Å². The first-order chi connectivity index (χ1) is 8.35. The molecule has 100 valence electrons.